The van der Waals surface area contributed by atoms with E-state index < -0.39 is 11.7 Å². The van der Waals surface area contributed by atoms with E-state index in [1.165, 1.54) is 19.2 Å². The number of anilines is 1. The summed E-state index contributed by atoms with van der Waals surface area (Å²) < 4.78 is 19.0. The average Bonchev–Trinajstić information content (AvgIpc) is 2.62. The molecule has 1 aromatic carbocycles. The summed E-state index contributed by atoms with van der Waals surface area (Å²) >= 11 is 6.32. The first kappa shape index (κ1) is 20.3. The van der Waals surface area contributed by atoms with Crippen molar-refractivity contribution in [2.24, 2.45) is 11.5 Å². The molecule has 9 heteroatoms. The second-order valence-electron chi connectivity index (χ2n) is 7.28. The van der Waals surface area contributed by atoms with Crippen molar-refractivity contribution in [1.29, 1.82) is 0 Å². The van der Waals surface area contributed by atoms with Gasteiger partial charge in [0.25, 0.3) is 5.91 Å². The van der Waals surface area contributed by atoms with Gasteiger partial charge in [-0.3, -0.25) is 4.79 Å². The lowest BCUT2D eigenvalue weighted by atomic mass is 9.91. The van der Waals surface area contributed by atoms with Crippen molar-refractivity contribution in [2.75, 3.05) is 25.1 Å². The van der Waals surface area contributed by atoms with Crippen molar-refractivity contribution >= 4 is 23.5 Å². The number of nitrogens with two attached hydrogens (primary N) is 2. The molecule has 150 valence electrons. The van der Waals surface area contributed by atoms with E-state index in [1.54, 1.807) is 6.92 Å². The molecule has 0 unspecified atom stereocenters. The SMILES string of the molecule is COc1c(F)ccc(-c2c(C)nc(N3CCC(C)(N)CC3)nc2C(N)=O)c1Cl. The van der Waals surface area contributed by atoms with E-state index in [2.05, 4.69) is 9.97 Å². The van der Waals surface area contributed by atoms with Crippen LogP contribution in [0.4, 0.5) is 10.3 Å². The van der Waals surface area contributed by atoms with Crippen LogP contribution in [0.2, 0.25) is 5.02 Å². The number of piperidine rings is 1. The summed E-state index contributed by atoms with van der Waals surface area (Å²) in [5, 5.41) is 0.0290. The van der Waals surface area contributed by atoms with Gasteiger partial charge in [0.1, 0.15) is 5.69 Å². The minimum atomic E-state index is -0.721. The van der Waals surface area contributed by atoms with Gasteiger partial charge in [-0.25, -0.2) is 14.4 Å². The lowest BCUT2D eigenvalue weighted by molar-refractivity contribution is 0.0996. The summed E-state index contributed by atoms with van der Waals surface area (Å²) in [6.45, 7) is 5.10. The van der Waals surface area contributed by atoms with Gasteiger partial charge >= 0.3 is 0 Å². The molecule has 1 aliphatic rings. The number of hydrogen-bond acceptors (Lipinski definition) is 6. The van der Waals surface area contributed by atoms with Crippen LogP contribution in [0.25, 0.3) is 11.1 Å². The van der Waals surface area contributed by atoms with Crippen LogP contribution in [0.3, 0.4) is 0 Å². The lowest BCUT2D eigenvalue weighted by Crippen LogP contribution is -2.48. The zero-order chi connectivity index (χ0) is 20.6. The third-order valence-electron chi connectivity index (χ3n) is 5.02. The third kappa shape index (κ3) is 3.74. The van der Waals surface area contributed by atoms with Gasteiger partial charge in [0.15, 0.2) is 11.6 Å². The van der Waals surface area contributed by atoms with Crippen molar-refractivity contribution in [2.45, 2.75) is 32.2 Å². The minimum absolute atomic E-state index is 0.0270. The molecule has 0 atom stereocenters. The van der Waals surface area contributed by atoms with Gasteiger partial charge in [-0.05, 0) is 38.8 Å². The standard InChI is InChI=1S/C19H23ClFN5O2/c1-10-13(11-4-5-12(21)16(28-3)14(11)20)15(17(22)27)25-18(24-10)26-8-6-19(2,23)7-9-26/h4-5H,6-9,23H2,1-3H3,(H2,22,27). The van der Waals surface area contributed by atoms with E-state index in [0.29, 0.717) is 35.9 Å². The maximum Gasteiger partial charge on any atom is 0.268 e. The topological polar surface area (TPSA) is 107 Å². The Balaban J connectivity index is 2.10. The van der Waals surface area contributed by atoms with Crippen molar-refractivity contribution in [3.8, 4) is 16.9 Å². The molecule has 28 heavy (non-hydrogen) atoms. The van der Waals surface area contributed by atoms with E-state index in [1.807, 2.05) is 11.8 Å². The quantitative estimate of drug-likeness (QED) is 0.806. The van der Waals surface area contributed by atoms with E-state index in [0.717, 1.165) is 12.8 Å². The summed E-state index contributed by atoms with van der Waals surface area (Å²) in [4.78, 5) is 23.1. The zero-order valence-electron chi connectivity index (χ0n) is 16.1. The highest BCUT2D eigenvalue weighted by Gasteiger charge is 2.29. The Labute approximate surface area is 167 Å². The number of amides is 1. The molecule has 1 aromatic heterocycles. The number of carbonyl (C=O) groups is 1. The largest absolute Gasteiger partial charge is 0.492 e. The summed E-state index contributed by atoms with van der Waals surface area (Å²) in [5.74, 6) is -1.03. The second-order valence-corrected chi connectivity index (χ2v) is 7.66. The van der Waals surface area contributed by atoms with Gasteiger partial charge in [0.2, 0.25) is 5.95 Å². The molecule has 1 fully saturated rings. The number of ether oxygens (including phenoxy) is 1. The normalized spacial score (nSPS) is 16.1. The van der Waals surface area contributed by atoms with Gasteiger partial charge in [0, 0.05) is 29.8 Å². The number of rotatable bonds is 4. The Morgan fingerprint density at radius 3 is 2.54 bits per heavy atom. The lowest BCUT2D eigenvalue weighted by Gasteiger charge is -2.37. The monoisotopic (exact) mass is 407 g/mol. The first-order valence-corrected chi connectivity index (χ1v) is 9.27. The third-order valence-corrected chi connectivity index (χ3v) is 5.40. The molecule has 0 aliphatic carbocycles. The number of nitrogens with zero attached hydrogens (tertiary/aromatic N) is 3. The molecule has 1 aliphatic heterocycles. The number of aryl methyl sites for hydroxylation is 1. The van der Waals surface area contributed by atoms with Gasteiger partial charge in [-0.2, -0.15) is 0 Å². The molecule has 7 nitrogen and oxygen atoms in total. The van der Waals surface area contributed by atoms with E-state index >= 15 is 0 Å². The Morgan fingerprint density at radius 1 is 1.32 bits per heavy atom. The van der Waals surface area contributed by atoms with Crippen LogP contribution in [0, 0.1) is 12.7 Å². The Bertz CT molecular complexity index is 925. The van der Waals surface area contributed by atoms with Crippen LogP contribution < -0.4 is 21.1 Å². The first-order valence-electron chi connectivity index (χ1n) is 8.89. The fourth-order valence-corrected chi connectivity index (χ4v) is 3.66. The molecular weight excluding hydrogens is 385 g/mol. The van der Waals surface area contributed by atoms with Crippen molar-refractivity contribution < 1.29 is 13.9 Å². The number of halogens is 2. The zero-order valence-corrected chi connectivity index (χ0v) is 16.8. The van der Waals surface area contributed by atoms with Crippen LogP contribution >= 0.6 is 11.6 Å². The molecular formula is C19H23ClFN5O2. The van der Waals surface area contributed by atoms with Crippen molar-refractivity contribution in [3.63, 3.8) is 0 Å². The first-order chi connectivity index (χ1) is 13.1. The fraction of sp³-hybridized carbons (Fsp3) is 0.421. The Kier molecular flexibility index (Phi) is 5.45. The van der Waals surface area contributed by atoms with Gasteiger partial charge in [-0.1, -0.05) is 11.6 Å². The summed E-state index contributed by atoms with van der Waals surface area (Å²) in [7, 11) is 1.32. The van der Waals surface area contributed by atoms with E-state index in [9.17, 15) is 9.18 Å². The molecule has 0 bridgehead atoms. The van der Waals surface area contributed by atoms with Crippen LogP contribution in [0.5, 0.6) is 5.75 Å². The summed E-state index contributed by atoms with van der Waals surface area (Å²) in [6.07, 6.45) is 1.56. The highest BCUT2D eigenvalue weighted by molar-refractivity contribution is 6.35. The van der Waals surface area contributed by atoms with Crippen molar-refractivity contribution in [3.05, 3.63) is 34.4 Å². The second kappa shape index (κ2) is 7.52. The number of hydrogen-bond donors (Lipinski definition) is 2. The Morgan fingerprint density at radius 2 is 1.96 bits per heavy atom. The number of carbonyl (C=O) groups excluding carboxylic acids is 1. The predicted octanol–water partition coefficient (Wildman–Crippen LogP) is 2.67. The smallest absolute Gasteiger partial charge is 0.268 e. The highest BCUT2D eigenvalue weighted by atomic mass is 35.5. The van der Waals surface area contributed by atoms with Crippen molar-refractivity contribution in [1.82, 2.24) is 9.97 Å². The maximum atomic E-state index is 13.9. The molecule has 0 spiro atoms. The van der Waals surface area contributed by atoms with Crippen LogP contribution in [0.15, 0.2) is 12.1 Å². The van der Waals surface area contributed by atoms with E-state index in [-0.39, 0.29) is 22.0 Å². The molecule has 0 saturated carbocycles. The molecule has 2 aromatic rings. The van der Waals surface area contributed by atoms with Crippen LogP contribution in [0.1, 0.15) is 35.9 Å². The molecule has 2 heterocycles. The number of methoxy groups -OCH3 is 1. The molecule has 1 saturated heterocycles. The van der Waals surface area contributed by atoms with Crippen LogP contribution in [-0.2, 0) is 0 Å². The minimum Gasteiger partial charge on any atom is -0.492 e. The molecule has 4 N–H and O–H groups in total. The highest BCUT2D eigenvalue weighted by Crippen LogP contribution is 2.39. The molecule has 0 radical (unpaired) electrons. The number of primary amides is 1. The summed E-state index contributed by atoms with van der Waals surface area (Å²) in [6, 6.07) is 2.67. The average molecular weight is 408 g/mol. The predicted molar refractivity (Wildman–Crippen MR) is 106 cm³/mol. The number of benzene rings is 1. The van der Waals surface area contributed by atoms with Gasteiger partial charge in [-0.15, -0.1) is 0 Å². The maximum absolute atomic E-state index is 13.9. The van der Waals surface area contributed by atoms with E-state index in [4.69, 9.17) is 27.8 Å². The van der Waals surface area contributed by atoms with Crippen LogP contribution in [-0.4, -0.2) is 41.6 Å². The summed E-state index contributed by atoms with van der Waals surface area (Å²) in [5.41, 5.74) is 12.8. The van der Waals surface area contributed by atoms with Gasteiger partial charge in [0.05, 0.1) is 17.8 Å². The fourth-order valence-electron chi connectivity index (χ4n) is 3.33. The Hall–Kier alpha value is -2.45. The molecule has 3 rings (SSSR count). The van der Waals surface area contributed by atoms with Gasteiger partial charge < -0.3 is 21.1 Å². The number of aromatic nitrogens is 2. The molecule has 1 amide bonds.